The van der Waals surface area contributed by atoms with Crippen molar-refractivity contribution in [2.75, 3.05) is 6.61 Å². The van der Waals surface area contributed by atoms with Gasteiger partial charge in [0.05, 0.1) is 17.3 Å². The number of aromatic nitrogens is 1. The van der Waals surface area contributed by atoms with Crippen molar-refractivity contribution >= 4 is 38.4 Å². The number of nitrogens with one attached hydrogen (secondary N) is 1. The third-order valence-electron chi connectivity index (χ3n) is 4.04. The van der Waals surface area contributed by atoms with Crippen LogP contribution >= 0.6 is 27.5 Å². The van der Waals surface area contributed by atoms with Gasteiger partial charge in [0.1, 0.15) is 24.4 Å². The average Bonchev–Trinajstić information content (AvgIpc) is 2.98. The maximum Gasteiger partial charge on any atom is 0.237 e. The van der Waals surface area contributed by atoms with Gasteiger partial charge in [-0.3, -0.25) is 0 Å². The van der Waals surface area contributed by atoms with E-state index in [2.05, 4.69) is 20.9 Å². The van der Waals surface area contributed by atoms with Crippen LogP contribution in [0, 0.1) is 0 Å². The Morgan fingerprint density at radius 2 is 1.96 bits per heavy atom. The lowest BCUT2D eigenvalue weighted by Crippen LogP contribution is -2.63. The fourth-order valence-corrected chi connectivity index (χ4v) is 3.28. The van der Waals surface area contributed by atoms with Gasteiger partial charge in [0.15, 0.2) is 0 Å². The Balaban J connectivity index is 2.10. The van der Waals surface area contributed by atoms with E-state index in [1.807, 2.05) is 0 Å². The van der Waals surface area contributed by atoms with Crippen LogP contribution in [-0.4, -0.2) is 61.5 Å². The Hall–Kier alpha value is -0.710. The van der Waals surface area contributed by atoms with E-state index in [0.717, 1.165) is 0 Å². The van der Waals surface area contributed by atoms with Crippen LogP contribution < -0.4 is 0 Å². The first-order valence-corrected chi connectivity index (χ1v) is 7.99. The van der Waals surface area contributed by atoms with Gasteiger partial charge in [-0.25, -0.2) is 0 Å². The highest BCUT2D eigenvalue weighted by molar-refractivity contribution is 9.10. The summed E-state index contributed by atoms with van der Waals surface area (Å²) in [6.07, 6.45) is -6.31. The number of rotatable bonds is 2. The van der Waals surface area contributed by atoms with Crippen LogP contribution in [0.3, 0.4) is 0 Å². The van der Waals surface area contributed by atoms with Crippen LogP contribution in [0.15, 0.2) is 22.7 Å². The second-order valence-electron chi connectivity index (χ2n) is 5.47. The van der Waals surface area contributed by atoms with E-state index in [9.17, 15) is 25.5 Å². The lowest BCUT2D eigenvalue weighted by atomic mass is 9.91. The summed E-state index contributed by atoms with van der Waals surface area (Å²) < 4.78 is 5.91. The molecule has 0 amide bonds. The normalized spacial score (nSPS) is 34.9. The fraction of sp³-hybridized carbons (Fsp3) is 0.429. The minimum atomic E-state index is -2.33. The highest BCUT2D eigenvalue weighted by atomic mass is 79.9. The molecule has 3 rings (SSSR count). The standard InChI is InChI=1S/C14H15BrClNO6/c15-6-1-2-7-5(10(6)16)3-9(17-7)14(22)13(21)12(20)11(19)8(4-18)23-14/h1-3,8,11-13,17-22H,4H2/t8-,11+,12+,13-,14-/m1/s1. The van der Waals surface area contributed by atoms with Crippen LogP contribution in [0.25, 0.3) is 10.9 Å². The van der Waals surface area contributed by atoms with E-state index in [4.69, 9.17) is 16.3 Å². The van der Waals surface area contributed by atoms with Crippen molar-refractivity contribution in [1.82, 2.24) is 4.98 Å². The summed E-state index contributed by atoms with van der Waals surface area (Å²) in [5.74, 6) is -2.33. The zero-order valence-corrected chi connectivity index (χ0v) is 14.0. The predicted molar refractivity (Wildman–Crippen MR) is 84.9 cm³/mol. The third kappa shape index (κ3) is 2.59. The monoisotopic (exact) mass is 407 g/mol. The highest BCUT2D eigenvalue weighted by Crippen LogP contribution is 2.39. The molecular formula is C14H15BrClNO6. The minimum absolute atomic E-state index is 0.0457. The van der Waals surface area contributed by atoms with Crippen molar-refractivity contribution in [2.24, 2.45) is 0 Å². The van der Waals surface area contributed by atoms with Crippen molar-refractivity contribution in [2.45, 2.75) is 30.2 Å². The second kappa shape index (κ2) is 5.98. The first-order chi connectivity index (χ1) is 10.8. The van der Waals surface area contributed by atoms with E-state index >= 15 is 0 Å². The highest BCUT2D eigenvalue weighted by Gasteiger charge is 2.54. The molecule has 126 valence electrons. The van der Waals surface area contributed by atoms with Crippen LogP contribution in [0.5, 0.6) is 0 Å². The Morgan fingerprint density at radius 1 is 1.26 bits per heavy atom. The Kier molecular flexibility index (Phi) is 4.45. The molecule has 6 N–H and O–H groups in total. The zero-order chi connectivity index (χ0) is 16.9. The maximum absolute atomic E-state index is 10.7. The number of hydrogen-bond donors (Lipinski definition) is 6. The van der Waals surface area contributed by atoms with Crippen molar-refractivity contribution in [3.8, 4) is 0 Å². The van der Waals surface area contributed by atoms with Gasteiger partial charge in [0, 0.05) is 15.4 Å². The minimum Gasteiger partial charge on any atom is -0.394 e. The zero-order valence-electron chi connectivity index (χ0n) is 11.6. The van der Waals surface area contributed by atoms with Crippen molar-refractivity contribution in [3.05, 3.63) is 33.4 Å². The van der Waals surface area contributed by atoms with Gasteiger partial charge in [-0.05, 0) is 34.1 Å². The lowest BCUT2D eigenvalue weighted by Gasteiger charge is -2.44. The molecule has 9 heteroatoms. The summed E-state index contributed by atoms with van der Waals surface area (Å²) in [7, 11) is 0. The summed E-state index contributed by atoms with van der Waals surface area (Å²) in [4.78, 5) is 2.87. The molecule has 1 aliphatic heterocycles. The van der Waals surface area contributed by atoms with Gasteiger partial charge in [-0.1, -0.05) is 11.6 Å². The number of H-pyrrole nitrogens is 1. The molecule has 1 aromatic carbocycles. The van der Waals surface area contributed by atoms with E-state index in [0.29, 0.717) is 20.4 Å². The molecule has 1 saturated heterocycles. The molecule has 0 spiro atoms. The summed E-state index contributed by atoms with van der Waals surface area (Å²) in [5, 5.41) is 50.8. The Bertz CT molecular complexity index is 737. The van der Waals surface area contributed by atoms with Crippen LogP contribution in [0.1, 0.15) is 5.69 Å². The molecule has 0 saturated carbocycles. The summed E-state index contributed by atoms with van der Waals surface area (Å²) in [6, 6.07) is 4.90. The largest absolute Gasteiger partial charge is 0.394 e. The molecule has 2 heterocycles. The molecular weight excluding hydrogens is 394 g/mol. The van der Waals surface area contributed by atoms with Crippen LogP contribution in [0.2, 0.25) is 5.02 Å². The number of aliphatic hydroxyl groups excluding tert-OH is 4. The molecule has 1 aromatic heterocycles. The number of fused-ring (bicyclic) bond motifs is 1. The molecule has 7 nitrogen and oxygen atoms in total. The number of aromatic amines is 1. The van der Waals surface area contributed by atoms with Crippen LogP contribution in [-0.2, 0) is 10.5 Å². The Morgan fingerprint density at radius 3 is 2.61 bits per heavy atom. The van der Waals surface area contributed by atoms with Gasteiger partial charge < -0.3 is 35.3 Å². The van der Waals surface area contributed by atoms with Gasteiger partial charge in [0.25, 0.3) is 0 Å². The molecule has 5 atom stereocenters. The van der Waals surface area contributed by atoms with Crippen molar-refractivity contribution in [1.29, 1.82) is 0 Å². The van der Waals surface area contributed by atoms with Gasteiger partial charge in [-0.15, -0.1) is 0 Å². The Labute approximate surface area is 144 Å². The summed E-state index contributed by atoms with van der Waals surface area (Å²) >= 11 is 9.48. The molecule has 1 aliphatic rings. The fourth-order valence-electron chi connectivity index (χ4n) is 2.71. The first-order valence-electron chi connectivity index (χ1n) is 6.82. The number of halogens is 2. The SMILES string of the molecule is OC[C@H]1O[C@](O)(c2cc3c(Cl)c(Br)ccc3[nH]2)[C@H](O)[C@@H](O)[C@H]1O. The van der Waals surface area contributed by atoms with Crippen LogP contribution in [0.4, 0.5) is 0 Å². The third-order valence-corrected chi connectivity index (χ3v) is 5.34. The van der Waals surface area contributed by atoms with E-state index < -0.39 is 36.8 Å². The van der Waals surface area contributed by atoms with Crippen molar-refractivity contribution < 1.29 is 30.3 Å². The molecule has 0 unspecified atom stereocenters. The van der Waals surface area contributed by atoms with E-state index in [1.54, 1.807) is 12.1 Å². The predicted octanol–water partition coefficient (Wildman–Crippen LogP) is 0.203. The molecule has 23 heavy (non-hydrogen) atoms. The topological polar surface area (TPSA) is 126 Å². The smallest absolute Gasteiger partial charge is 0.237 e. The second-order valence-corrected chi connectivity index (χ2v) is 6.70. The number of aliphatic hydroxyl groups is 5. The average molecular weight is 409 g/mol. The first kappa shape index (κ1) is 17.1. The molecule has 0 aliphatic carbocycles. The number of ether oxygens (including phenoxy) is 1. The van der Waals surface area contributed by atoms with Gasteiger partial charge in [-0.2, -0.15) is 0 Å². The van der Waals surface area contributed by atoms with Gasteiger partial charge in [0.2, 0.25) is 5.79 Å². The number of hydrogen-bond acceptors (Lipinski definition) is 6. The lowest BCUT2D eigenvalue weighted by molar-refractivity contribution is -0.359. The quantitative estimate of drug-likeness (QED) is 0.422. The van der Waals surface area contributed by atoms with Gasteiger partial charge >= 0.3 is 0 Å². The number of benzene rings is 1. The maximum atomic E-state index is 10.7. The molecule has 0 radical (unpaired) electrons. The van der Waals surface area contributed by atoms with Crippen molar-refractivity contribution in [3.63, 3.8) is 0 Å². The van der Waals surface area contributed by atoms with E-state index in [-0.39, 0.29) is 5.69 Å². The van der Waals surface area contributed by atoms with E-state index in [1.165, 1.54) is 6.07 Å². The molecule has 0 bridgehead atoms. The molecule has 2 aromatic rings. The summed E-state index contributed by atoms with van der Waals surface area (Å²) in [6.45, 7) is -0.639. The summed E-state index contributed by atoms with van der Waals surface area (Å²) in [5.41, 5.74) is 0.628. The molecule has 1 fully saturated rings.